The van der Waals surface area contributed by atoms with E-state index in [1.54, 1.807) is 12.1 Å². The smallest absolute Gasteiger partial charge is 0.255 e. The summed E-state index contributed by atoms with van der Waals surface area (Å²) in [6, 6.07) is 11.1. The predicted molar refractivity (Wildman–Crippen MR) is 70.7 cm³/mol. The van der Waals surface area contributed by atoms with Crippen LogP contribution in [0.2, 0.25) is 0 Å². The molecule has 0 radical (unpaired) electrons. The molecule has 1 aliphatic carbocycles. The van der Waals surface area contributed by atoms with Gasteiger partial charge in [0.15, 0.2) is 0 Å². The maximum absolute atomic E-state index is 12.0. The van der Waals surface area contributed by atoms with Gasteiger partial charge in [0.05, 0.1) is 5.56 Å². The fraction of sp³-hybridized carbons (Fsp3) is 0.267. The van der Waals surface area contributed by atoms with E-state index >= 15 is 0 Å². The number of aromatic hydroxyl groups is 1. The van der Waals surface area contributed by atoms with Crippen LogP contribution in [0.15, 0.2) is 36.4 Å². The molecule has 1 aliphatic rings. The lowest BCUT2D eigenvalue weighted by molar-refractivity contribution is 0.0949. The maximum atomic E-state index is 12.0. The zero-order valence-corrected chi connectivity index (χ0v) is 10.0. The lowest BCUT2D eigenvalue weighted by Gasteiger charge is -2.07. The predicted octanol–water partition coefficient (Wildman–Crippen LogP) is 2.69. The number of benzene rings is 2. The van der Waals surface area contributed by atoms with E-state index in [0.29, 0.717) is 18.0 Å². The van der Waals surface area contributed by atoms with E-state index in [9.17, 15) is 9.90 Å². The fourth-order valence-electron chi connectivity index (χ4n) is 2.06. The molecule has 92 valence electrons. The van der Waals surface area contributed by atoms with Crippen molar-refractivity contribution in [3.8, 4) is 5.75 Å². The van der Waals surface area contributed by atoms with E-state index in [1.165, 1.54) is 12.8 Å². The quantitative estimate of drug-likeness (QED) is 0.868. The molecule has 1 saturated carbocycles. The number of hydrogen-bond donors (Lipinski definition) is 2. The zero-order chi connectivity index (χ0) is 12.5. The van der Waals surface area contributed by atoms with Crippen LogP contribution in [-0.2, 0) is 0 Å². The molecule has 2 aromatic rings. The normalized spacial score (nSPS) is 14.7. The standard InChI is InChI=1S/C15H15NO2/c17-14-8-12-4-2-1-3-11(12)7-13(14)15(18)16-9-10-5-6-10/h1-4,7-8,10,17H,5-6,9H2,(H,16,18). The topological polar surface area (TPSA) is 49.3 Å². The first kappa shape index (κ1) is 11.1. The molecule has 0 atom stereocenters. The Bertz CT molecular complexity index is 602. The van der Waals surface area contributed by atoms with Crippen molar-refractivity contribution < 1.29 is 9.90 Å². The van der Waals surface area contributed by atoms with Crippen molar-refractivity contribution in [2.24, 2.45) is 5.92 Å². The second kappa shape index (κ2) is 4.33. The lowest BCUT2D eigenvalue weighted by atomic mass is 10.1. The molecule has 0 spiro atoms. The minimum absolute atomic E-state index is 0.0435. The van der Waals surface area contributed by atoms with E-state index in [1.807, 2.05) is 24.3 Å². The van der Waals surface area contributed by atoms with Crippen LogP contribution in [-0.4, -0.2) is 17.6 Å². The number of carbonyl (C=O) groups excluding carboxylic acids is 1. The van der Waals surface area contributed by atoms with Crippen LogP contribution in [0.4, 0.5) is 0 Å². The second-order valence-electron chi connectivity index (χ2n) is 4.87. The number of carbonyl (C=O) groups is 1. The molecular weight excluding hydrogens is 226 g/mol. The van der Waals surface area contributed by atoms with Crippen molar-refractivity contribution in [2.75, 3.05) is 6.54 Å². The van der Waals surface area contributed by atoms with Gasteiger partial charge in [0.2, 0.25) is 0 Å². The number of fused-ring (bicyclic) bond motifs is 1. The summed E-state index contributed by atoms with van der Waals surface area (Å²) < 4.78 is 0. The van der Waals surface area contributed by atoms with Crippen molar-refractivity contribution in [2.45, 2.75) is 12.8 Å². The first-order valence-corrected chi connectivity index (χ1v) is 6.24. The molecular formula is C15H15NO2. The Morgan fingerprint density at radius 3 is 2.56 bits per heavy atom. The number of rotatable bonds is 3. The summed E-state index contributed by atoms with van der Waals surface area (Å²) in [7, 11) is 0. The first-order chi connectivity index (χ1) is 8.74. The number of phenols is 1. The van der Waals surface area contributed by atoms with Crippen LogP contribution in [0.5, 0.6) is 5.75 Å². The largest absolute Gasteiger partial charge is 0.507 e. The SMILES string of the molecule is O=C(NCC1CC1)c1cc2ccccc2cc1O. The summed E-state index contributed by atoms with van der Waals surface area (Å²) in [5, 5.41) is 14.7. The number of amides is 1. The highest BCUT2D eigenvalue weighted by atomic mass is 16.3. The van der Waals surface area contributed by atoms with Crippen LogP contribution < -0.4 is 5.32 Å². The molecule has 2 N–H and O–H groups in total. The van der Waals surface area contributed by atoms with Gasteiger partial charge in [0.1, 0.15) is 5.75 Å². The number of hydrogen-bond acceptors (Lipinski definition) is 2. The maximum Gasteiger partial charge on any atom is 0.255 e. The van der Waals surface area contributed by atoms with Crippen LogP contribution in [0, 0.1) is 5.92 Å². The van der Waals surface area contributed by atoms with E-state index in [0.717, 1.165) is 10.8 Å². The summed E-state index contributed by atoms with van der Waals surface area (Å²) in [5.41, 5.74) is 0.356. The molecule has 18 heavy (non-hydrogen) atoms. The van der Waals surface area contributed by atoms with Gasteiger partial charge in [0.25, 0.3) is 5.91 Å². The van der Waals surface area contributed by atoms with Gasteiger partial charge in [-0.25, -0.2) is 0 Å². The molecule has 1 fully saturated rings. The minimum Gasteiger partial charge on any atom is -0.507 e. The molecule has 0 heterocycles. The van der Waals surface area contributed by atoms with Crippen LogP contribution in [0.3, 0.4) is 0 Å². The fourth-order valence-corrected chi connectivity index (χ4v) is 2.06. The van der Waals surface area contributed by atoms with Crippen molar-refractivity contribution in [1.82, 2.24) is 5.32 Å². The Hall–Kier alpha value is -2.03. The Kier molecular flexibility index (Phi) is 2.67. The van der Waals surface area contributed by atoms with Gasteiger partial charge in [-0.1, -0.05) is 24.3 Å². The first-order valence-electron chi connectivity index (χ1n) is 6.24. The summed E-state index contributed by atoms with van der Waals surface area (Å²) in [6.07, 6.45) is 2.40. The van der Waals surface area contributed by atoms with Gasteiger partial charge < -0.3 is 10.4 Å². The van der Waals surface area contributed by atoms with E-state index < -0.39 is 0 Å². The summed E-state index contributed by atoms with van der Waals surface area (Å²) >= 11 is 0. The van der Waals surface area contributed by atoms with Crippen molar-refractivity contribution in [3.63, 3.8) is 0 Å². The third-order valence-electron chi connectivity index (χ3n) is 3.36. The Balaban J connectivity index is 1.89. The summed E-state index contributed by atoms with van der Waals surface area (Å²) in [6.45, 7) is 0.713. The highest BCUT2D eigenvalue weighted by Crippen LogP contribution is 2.28. The second-order valence-corrected chi connectivity index (χ2v) is 4.87. The highest BCUT2D eigenvalue weighted by Gasteiger charge is 2.22. The number of phenolic OH excluding ortho intramolecular Hbond substituents is 1. The number of nitrogens with one attached hydrogen (secondary N) is 1. The van der Waals surface area contributed by atoms with Gasteiger partial charge in [-0.05, 0) is 41.7 Å². The highest BCUT2D eigenvalue weighted by molar-refractivity contribution is 6.01. The average molecular weight is 241 g/mol. The van der Waals surface area contributed by atoms with Gasteiger partial charge in [0, 0.05) is 6.54 Å². The van der Waals surface area contributed by atoms with Gasteiger partial charge in [-0.15, -0.1) is 0 Å². The van der Waals surface area contributed by atoms with Gasteiger partial charge in [-0.2, -0.15) is 0 Å². The van der Waals surface area contributed by atoms with E-state index in [-0.39, 0.29) is 11.7 Å². The average Bonchev–Trinajstić information content (AvgIpc) is 3.19. The molecule has 1 amide bonds. The Labute approximate surface area is 105 Å². The van der Waals surface area contributed by atoms with Gasteiger partial charge >= 0.3 is 0 Å². The van der Waals surface area contributed by atoms with Gasteiger partial charge in [-0.3, -0.25) is 4.79 Å². The molecule has 2 aromatic carbocycles. The van der Waals surface area contributed by atoms with E-state index in [2.05, 4.69) is 5.32 Å². The molecule has 0 bridgehead atoms. The van der Waals surface area contributed by atoms with Crippen molar-refractivity contribution in [1.29, 1.82) is 0 Å². The van der Waals surface area contributed by atoms with Crippen LogP contribution in [0.25, 0.3) is 10.8 Å². The van der Waals surface area contributed by atoms with Crippen LogP contribution >= 0.6 is 0 Å². The minimum atomic E-state index is -0.190. The zero-order valence-electron chi connectivity index (χ0n) is 10.0. The third-order valence-corrected chi connectivity index (χ3v) is 3.36. The lowest BCUT2D eigenvalue weighted by Crippen LogP contribution is -2.25. The molecule has 3 rings (SSSR count). The van der Waals surface area contributed by atoms with Crippen molar-refractivity contribution in [3.05, 3.63) is 42.0 Å². The Morgan fingerprint density at radius 1 is 1.22 bits per heavy atom. The molecule has 0 aromatic heterocycles. The monoisotopic (exact) mass is 241 g/mol. The molecule has 0 unspecified atom stereocenters. The molecule has 3 nitrogen and oxygen atoms in total. The molecule has 0 saturated heterocycles. The molecule has 0 aliphatic heterocycles. The Morgan fingerprint density at radius 2 is 1.89 bits per heavy atom. The molecule has 3 heteroatoms. The van der Waals surface area contributed by atoms with Crippen molar-refractivity contribution >= 4 is 16.7 Å². The van der Waals surface area contributed by atoms with Crippen LogP contribution in [0.1, 0.15) is 23.2 Å². The summed E-state index contributed by atoms with van der Waals surface area (Å²) in [5.74, 6) is 0.490. The third kappa shape index (κ3) is 2.16. The summed E-state index contributed by atoms with van der Waals surface area (Å²) in [4.78, 5) is 12.0. The van der Waals surface area contributed by atoms with E-state index in [4.69, 9.17) is 0 Å².